The number of nitrogens with zero attached hydrogens (tertiary/aromatic N) is 2. The molecule has 134 valence electrons. The van der Waals surface area contributed by atoms with Crippen LogP contribution in [0.5, 0.6) is 0 Å². The normalized spacial score (nSPS) is 11.0. The predicted molar refractivity (Wildman–Crippen MR) is 114 cm³/mol. The van der Waals surface area contributed by atoms with Gasteiger partial charge in [-0.3, -0.25) is 9.97 Å². The van der Waals surface area contributed by atoms with Gasteiger partial charge in [0.25, 0.3) is 0 Å². The molecule has 0 saturated carbocycles. The highest BCUT2D eigenvalue weighted by atomic mass is 14.8. The largest absolute Gasteiger partial charge is 0.353 e. The van der Waals surface area contributed by atoms with E-state index in [4.69, 9.17) is 9.97 Å². The minimum atomic E-state index is 0.703. The van der Waals surface area contributed by atoms with Crippen molar-refractivity contribution in [2.45, 2.75) is 6.42 Å². The summed E-state index contributed by atoms with van der Waals surface area (Å²) in [7, 11) is 0. The Hall–Kier alpha value is -3.72. The van der Waals surface area contributed by atoms with E-state index in [9.17, 15) is 0 Å². The number of hydrogen-bond acceptors (Lipinski definition) is 2. The number of pyridine rings is 2. The third-order valence-electron chi connectivity index (χ3n) is 4.85. The Morgan fingerprint density at radius 2 is 1.29 bits per heavy atom. The van der Waals surface area contributed by atoms with Crippen LogP contribution < -0.4 is 0 Å². The number of hydrogen-bond donors (Lipinski definition) is 1. The molecule has 0 aliphatic heterocycles. The quantitative estimate of drug-likeness (QED) is 0.434. The molecule has 0 aliphatic carbocycles. The van der Waals surface area contributed by atoms with Crippen LogP contribution in [0.15, 0.2) is 97.1 Å². The van der Waals surface area contributed by atoms with E-state index >= 15 is 0 Å². The van der Waals surface area contributed by atoms with Crippen molar-refractivity contribution in [1.82, 2.24) is 15.0 Å². The van der Waals surface area contributed by atoms with Gasteiger partial charge in [-0.15, -0.1) is 0 Å². The zero-order valence-electron chi connectivity index (χ0n) is 15.3. The second-order valence-corrected chi connectivity index (χ2v) is 6.84. The minimum Gasteiger partial charge on any atom is -0.353 e. The lowest BCUT2D eigenvalue weighted by Crippen LogP contribution is -1.97. The Bertz CT molecular complexity index is 1210. The molecule has 0 radical (unpaired) electrons. The maximum absolute atomic E-state index is 4.86. The average molecular weight is 361 g/mol. The summed E-state index contributed by atoms with van der Waals surface area (Å²) in [5, 5.41) is 1.20. The van der Waals surface area contributed by atoms with E-state index < -0.39 is 0 Å². The van der Waals surface area contributed by atoms with Gasteiger partial charge in [0.05, 0.1) is 17.1 Å². The second kappa shape index (κ2) is 7.12. The van der Waals surface area contributed by atoms with Crippen molar-refractivity contribution in [1.29, 1.82) is 0 Å². The molecular formula is C25H19N3. The summed E-state index contributed by atoms with van der Waals surface area (Å²) in [6.07, 6.45) is 0.703. The third kappa shape index (κ3) is 3.30. The standard InChI is InChI=1S/C25H19N3/c1-2-8-18(9-3-1)22-14-6-11-20(26-22)17-21-12-7-15-24(27-21)25-16-19-10-4-5-13-23(19)28-25/h1-16,28H,17H2. The van der Waals surface area contributed by atoms with E-state index in [1.807, 2.05) is 36.4 Å². The summed E-state index contributed by atoms with van der Waals surface area (Å²) >= 11 is 0. The van der Waals surface area contributed by atoms with Crippen molar-refractivity contribution >= 4 is 10.9 Å². The molecular weight excluding hydrogens is 342 g/mol. The zero-order valence-corrected chi connectivity index (χ0v) is 15.3. The van der Waals surface area contributed by atoms with Gasteiger partial charge in [0, 0.05) is 34.3 Å². The first-order valence-electron chi connectivity index (χ1n) is 9.40. The molecule has 1 N–H and O–H groups in total. The smallest absolute Gasteiger partial charge is 0.0868 e. The minimum absolute atomic E-state index is 0.703. The van der Waals surface area contributed by atoms with E-state index in [2.05, 4.69) is 65.6 Å². The Labute approximate surface area is 163 Å². The molecule has 2 aromatic carbocycles. The molecule has 0 bridgehead atoms. The van der Waals surface area contributed by atoms with Crippen molar-refractivity contribution in [2.75, 3.05) is 0 Å². The van der Waals surface area contributed by atoms with Gasteiger partial charge in [-0.1, -0.05) is 60.7 Å². The van der Waals surface area contributed by atoms with E-state index in [-0.39, 0.29) is 0 Å². The predicted octanol–water partition coefficient (Wildman–Crippen LogP) is 5.88. The van der Waals surface area contributed by atoms with Crippen LogP contribution in [-0.4, -0.2) is 15.0 Å². The summed E-state index contributed by atoms with van der Waals surface area (Å²) in [5.41, 5.74) is 7.26. The number of fused-ring (bicyclic) bond motifs is 1. The molecule has 0 unspecified atom stereocenters. The van der Waals surface area contributed by atoms with Gasteiger partial charge in [-0.2, -0.15) is 0 Å². The molecule has 3 heterocycles. The fraction of sp³-hybridized carbons (Fsp3) is 0.0400. The molecule has 0 fully saturated rings. The van der Waals surface area contributed by atoms with Crippen LogP contribution in [0.3, 0.4) is 0 Å². The fourth-order valence-electron chi connectivity index (χ4n) is 3.47. The first-order valence-corrected chi connectivity index (χ1v) is 9.40. The van der Waals surface area contributed by atoms with E-state index in [0.717, 1.165) is 39.5 Å². The van der Waals surface area contributed by atoms with Gasteiger partial charge in [-0.05, 0) is 36.4 Å². The van der Waals surface area contributed by atoms with Crippen LogP contribution >= 0.6 is 0 Å². The molecule has 0 saturated heterocycles. The molecule has 0 aliphatic rings. The van der Waals surface area contributed by atoms with Gasteiger partial charge in [0.1, 0.15) is 0 Å². The number of rotatable bonds is 4. The number of H-pyrrole nitrogens is 1. The fourth-order valence-corrected chi connectivity index (χ4v) is 3.47. The van der Waals surface area contributed by atoms with Crippen molar-refractivity contribution in [2.24, 2.45) is 0 Å². The lowest BCUT2D eigenvalue weighted by molar-refractivity contribution is 1.02. The number of benzene rings is 2. The van der Waals surface area contributed by atoms with Crippen LogP contribution in [-0.2, 0) is 6.42 Å². The molecule has 28 heavy (non-hydrogen) atoms. The summed E-state index contributed by atoms with van der Waals surface area (Å²) in [6.45, 7) is 0. The number of para-hydroxylation sites is 1. The van der Waals surface area contributed by atoms with Gasteiger partial charge in [-0.25, -0.2) is 0 Å². The van der Waals surface area contributed by atoms with Gasteiger partial charge >= 0.3 is 0 Å². The van der Waals surface area contributed by atoms with Crippen molar-refractivity contribution < 1.29 is 0 Å². The van der Waals surface area contributed by atoms with E-state index in [0.29, 0.717) is 6.42 Å². The van der Waals surface area contributed by atoms with Crippen molar-refractivity contribution in [3.63, 3.8) is 0 Å². The molecule has 5 rings (SSSR count). The molecule has 3 heteroatoms. The SMILES string of the molecule is c1ccc(-c2cccc(Cc3cccc(-c4cc5ccccc5[nH]4)n3)n2)cc1. The van der Waals surface area contributed by atoms with Crippen LogP contribution in [0.25, 0.3) is 33.5 Å². The number of nitrogens with one attached hydrogen (secondary N) is 1. The number of aromatic amines is 1. The van der Waals surface area contributed by atoms with Gasteiger partial charge in [0.15, 0.2) is 0 Å². The maximum Gasteiger partial charge on any atom is 0.0868 e. The van der Waals surface area contributed by atoms with Crippen LogP contribution in [0.4, 0.5) is 0 Å². The third-order valence-corrected chi connectivity index (χ3v) is 4.85. The Kier molecular flexibility index (Phi) is 4.19. The Balaban J connectivity index is 1.44. The maximum atomic E-state index is 4.86. The second-order valence-electron chi connectivity index (χ2n) is 6.84. The highest BCUT2D eigenvalue weighted by Crippen LogP contribution is 2.23. The monoisotopic (exact) mass is 361 g/mol. The molecule has 0 atom stereocenters. The van der Waals surface area contributed by atoms with Gasteiger partial charge in [0.2, 0.25) is 0 Å². The highest BCUT2D eigenvalue weighted by Gasteiger charge is 2.07. The van der Waals surface area contributed by atoms with Crippen LogP contribution in [0.2, 0.25) is 0 Å². The molecule has 5 aromatic rings. The van der Waals surface area contributed by atoms with E-state index in [1.165, 1.54) is 5.39 Å². The first-order chi connectivity index (χ1) is 13.8. The molecule has 3 nitrogen and oxygen atoms in total. The summed E-state index contributed by atoms with van der Waals surface area (Å²) in [5.74, 6) is 0. The average Bonchev–Trinajstić information content (AvgIpc) is 3.19. The summed E-state index contributed by atoms with van der Waals surface area (Å²) in [4.78, 5) is 13.1. The molecule has 0 spiro atoms. The number of aromatic nitrogens is 3. The lowest BCUT2D eigenvalue weighted by Gasteiger charge is -2.06. The highest BCUT2D eigenvalue weighted by molar-refractivity contribution is 5.85. The summed E-state index contributed by atoms with van der Waals surface area (Å²) in [6, 6.07) is 33.0. The first kappa shape index (κ1) is 16.5. The van der Waals surface area contributed by atoms with Crippen LogP contribution in [0.1, 0.15) is 11.4 Å². The van der Waals surface area contributed by atoms with E-state index in [1.54, 1.807) is 0 Å². The van der Waals surface area contributed by atoms with Gasteiger partial charge < -0.3 is 4.98 Å². The lowest BCUT2D eigenvalue weighted by atomic mass is 10.1. The topological polar surface area (TPSA) is 41.6 Å². The Morgan fingerprint density at radius 3 is 2.07 bits per heavy atom. The van der Waals surface area contributed by atoms with Crippen LogP contribution in [0, 0.1) is 0 Å². The summed E-state index contributed by atoms with van der Waals surface area (Å²) < 4.78 is 0. The molecule has 3 aromatic heterocycles. The Morgan fingerprint density at radius 1 is 0.607 bits per heavy atom. The van der Waals surface area contributed by atoms with Crippen molar-refractivity contribution in [3.05, 3.63) is 108 Å². The molecule has 0 amide bonds. The zero-order chi connectivity index (χ0) is 18.8. The van der Waals surface area contributed by atoms with Crippen molar-refractivity contribution in [3.8, 4) is 22.6 Å².